The van der Waals surface area contributed by atoms with Gasteiger partial charge in [-0.05, 0) is 26.2 Å². The van der Waals surface area contributed by atoms with Gasteiger partial charge in [0.1, 0.15) is 17.7 Å². The van der Waals surface area contributed by atoms with Crippen molar-refractivity contribution in [1.82, 2.24) is 4.90 Å². The Bertz CT molecular complexity index is 371. The van der Waals surface area contributed by atoms with E-state index in [4.69, 9.17) is 4.74 Å². The Balaban J connectivity index is 2.40. The number of likely N-dealkylation sites (tertiary alicyclic amines) is 1. The molecule has 0 aromatic carbocycles. The van der Waals surface area contributed by atoms with Crippen molar-refractivity contribution in [1.29, 1.82) is 0 Å². The van der Waals surface area contributed by atoms with Gasteiger partial charge in [0.2, 0.25) is 0 Å². The lowest BCUT2D eigenvalue weighted by atomic mass is 9.95. The molecule has 2 aliphatic heterocycles. The van der Waals surface area contributed by atoms with E-state index < -0.39 is 35.5 Å². The molecule has 1 N–H and O–H groups in total. The van der Waals surface area contributed by atoms with E-state index in [2.05, 4.69) is 0 Å². The zero-order valence-electron chi connectivity index (χ0n) is 9.80. The molecule has 2 amide bonds. The van der Waals surface area contributed by atoms with Crippen LogP contribution in [0.3, 0.4) is 0 Å². The summed E-state index contributed by atoms with van der Waals surface area (Å²) >= 11 is 0. The number of carboxylic acids is 1. The highest BCUT2D eigenvalue weighted by Gasteiger charge is 2.54. The van der Waals surface area contributed by atoms with Crippen molar-refractivity contribution in [3.63, 3.8) is 0 Å². The number of ether oxygens (including phenoxy) is 1. The molecule has 0 spiro atoms. The van der Waals surface area contributed by atoms with E-state index in [0.29, 0.717) is 12.8 Å². The molecule has 6 nitrogen and oxygen atoms in total. The average Bonchev–Trinajstić information content (AvgIpc) is 2.73. The third kappa shape index (κ3) is 1.55. The number of hydrogen-bond acceptors (Lipinski definition) is 4. The van der Waals surface area contributed by atoms with Crippen LogP contribution in [-0.2, 0) is 19.1 Å². The predicted molar refractivity (Wildman–Crippen MR) is 56.1 cm³/mol. The van der Waals surface area contributed by atoms with Gasteiger partial charge in [-0.2, -0.15) is 0 Å². The SMILES string of the molecule is CCC(C)(C(=O)O)N1C(=O)C2CCC(O2)C1=O. The second-order valence-electron chi connectivity index (χ2n) is 4.64. The lowest BCUT2D eigenvalue weighted by molar-refractivity contribution is -0.183. The number of carbonyl (C=O) groups excluding carboxylic acids is 2. The maximum atomic E-state index is 12.0. The van der Waals surface area contributed by atoms with Crippen LogP contribution in [0.15, 0.2) is 0 Å². The van der Waals surface area contributed by atoms with Gasteiger partial charge in [0.25, 0.3) is 11.8 Å². The summed E-state index contributed by atoms with van der Waals surface area (Å²) in [5.41, 5.74) is -1.47. The minimum atomic E-state index is -1.47. The molecule has 17 heavy (non-hydrogen) atoms. The van der Waals surface area contributed by atoms with Gasteiger partial charge in [-0.25, -0.2) is 4.79 Å². The van der Waals surface area contributed by atoms with Gasteiger partial charge in [0, 0.05) is 0 Å². The molecule has 0 aromatic rings. The fourth-order valence-corrected chi connectivity index (χ4v) is 2.29. The molecular formula is C11H15NO5. The van der Waals surface area contributed by atoms with Crippen LogP contribution in [-0.4, -0.2) is 45.5 Å². The standard InChI is InChI=1S/C11H15NO5/c1-3-11(2,10(15)16)12-8(13)6-4-5-7(17-6)9(12)14/h6-7H,3-5H2,1-2H3,(H,15,16). The van der Waals surface area contributed by atoms with Crippen molar-refractivity contribution in [3.05, 3.63) is 0 Å². The van der Waals surface area contributed by atoms with Crippen molar-refractivity contribution in [2.75, 3.05) is 0 Å². The van der Waals surface area contributed by atoms with E-state index in [9.17, 15) is 19.5 Å². The first-order valence-corrected chi connectivity index (χ1v) is 5.68. The summed E-state index contributed by atoms with van der Waals surface area (Å²) in [5, 5.41) is 9.23. The number of amides is 2. The molecule has 94 valence electrons. The summed E-state index contributed by atoms with van der Waals surface area (Å²) < 4.78 is 5.24. The topological polar surface area (TPSA) is 83.9 Å². The number of hydrogen-bond donors (Lipinski definition) is 1. The largest absolute Gasteiger partial charge is 0.479 e. The van der Waals surface area contributed by atoms with Crippen LogP contribution in [0.2, 0.25) is 0 Å². The quantitative estimate of drug-likeness (QED) is 0.711. The summed E-state index contributed by atoms with van der Waals surface area (Å²) in [6.07, 6.45) is -0.138. The van der Waals surface area contributed by atoms with Crippen molar-refractivity contribution in [3.8, 4) is 0 Å². The predicted octanol–water partition coefficient (Wildman–Crippen LogP) is 0.156. The Morgan fingerprint density at radius 3 is 2.24 bits per heavy atom. The Labute approximate surface area is 98.5 Å². The van der Waals surface area contributed by atoms with Gasteiger partial charge in [0.15, 0.2) is 0 Å². The van der Waals surface area contributed by atoms with Crippen LogP contribution in [0.1, 0.15) is 33.1 Å². The molecule has 0 aliphatic carbocycles. The molecule has 2 saturated heterocycles. The first-order chi connectivity index (χ1) is 7.91. The van der Waals surface area contributed by atoms with Gasteiger partial charge < -0.3 is 9.84 Å². The molecule has 0 saturated carbocycles. The Morgan fingerprint density at radius 1 is 1.41 bits per heavy atom. The second-order valence-corrected chi connectivity index (χ2v) is 4.64. The molecule has 0 radical (unpaired) electrons. The fourth-order valence-electron chi connectivity index (χ4n) is 2.29. The number of fused-ring (bicyclic) bond motifs is 2. The number of carboxylic acid groups (broad SMARTS) is 1. The lowest BCUT2D eigenvalue weighted by Crippen LogP contribution is -2.63. The second kappa shape index (κ2) is 3.80. The van der Waals surface area contributed by atoms with Crippen molar-refractivity contribution in [2.24, 2.45) is 0 Å². The summed E-state index contributed by atoms with van der Waals surface area (Å²) in [6.45, 7) is 3.04. The average molecular weight is 241 g/mol. The lowest BCUT2D eigenvalue weighted by Gasteiger charge is -2.40. The summed E-state index contributed by atoms with van der Waals surface area (Å²) in [4.78, 5) is 36.2. The monoisotopic (exact) mass is 241 g/mol. The summed E-state index contributed by atoms with van der Waals surface area (Å²) in [6, 6.07) is 0. The zero-order chi connectivity index (χ0) is 12.8. The number of aliphatic carboxylic acids is 1. The normalized spacial score (nSPS) is 31.5. The van der Waals surface area contributed by atoms with Crippen molar-refractivity contribution < 1.29 is 24.2 Å². The Hall–Kier alpha value is -1.43. The summed E-state index contributed by atoms with van der Waals surface area (Å²) in [5.74, 6) is -2.20. The highest BCUT2D eigenvalue weighted by molar-refractivity contribution is 6.06. The molecule has 3 atom stereocenters. The summed E-state index contributed by atoms with van der Waals surface area (Å²) in [7, 11) is 0. The van der Waals surface area contributed by atoms with Crippen LogP contribution in [0.25, 0.3) is 0 Å². The van der Waals surface area contributed by atoms with Gasteiger partial charge in [-0.1, -0.05) is 6.92 Å². The van der Waals surface area contributed by atoms with Crippen LogP contribution < -0.4 is 0 Å². The number of rotatable bonds is 3. The number of imide groups is 1. The van der Waals surface area contributed by atoms with E-state index >= 15 is 0 Å². The number of morpholine rings is 1. The van der Waals surface area contributed by atoms with Gasteiger partial charge >= 0.3 is 5.97 Å². The van der Waals surface area contributed by atoms with Crippen molar-refractivity contribution >= 4 is 17.8 Å². The zero-order valence-corrected chi connectivity index (χ0v) is 9.80. The minimum Gasteiger partial charge on any atom is -0.479 e. The fraction of sp³-hybridized carbons (Fsp3) is 0.727. The smallest absolute Gasteiger partial charge is 0.329 e. The minimum absolute atomic E-state index is 0.180. The van der Waals surface area contributed by atoms with Gasteiger partial charge in [-0.15, -0.1) is 0 Å². The molecular weight excluding hydrogens is 226 g/mol. The molecule has 2 rings (SSSR count). The number of carbonyl (C=O) groups is 3. The molecule has 2 heterocycles. The van der Waals surface area contributed by atoms with E-state index in [0.717, 1.165) is 4.90 Å². The molecule has 2 bridgehead atoms. The first kappa shape index (κ1) is 12.0. The highest BCUT2D eigenvalue weighted by atomic mass is 16.5. The van der Waals surface area contributed by atoms with Gasteiger partial charge in [0.05, 0.1) is 0 Å². The van der Waals surface area contributed by atoms with E-state index in [-0.39, 0.29) is 6.42 Å². The third-order valence-electron chi connectivity index (χ3n) is 3.65. The van der Waals surface area contributed by atoms with E-state index in [1.54, 1.807) is 6.92 Å². The van der Waals surface area contributed by atoms with Crippen LogP contribution in [0.4, 0.5) is 0 Å². The van der Waals surface area contributed by atoms with Crippen LogP contribution in [0, 0.1) is 0 Å². The molecule has 2 aliphatic rings. The van der Waals surface area contributed by atoms with Crippen molar-refractivity contribution in [2.45, 2.75) is 50.9 Å². The molecule has 3 unspecified atom stereocenters. The number of nitrogens with zero attached hydrogens (tertiary/aromatic N) is 1. The highest BCUT2D eigenvalue weighted by Crippen LogP contribution is 2.33. The Kier molecular flexibility index (Phi) is 2.69. The van der Waals surface area contributed by atoms with Crippen LogP contribution in [0.5, 0.6) is 0 Å². The maximum absolute atomic E-state index is 12.0. The first-order valence-electron chi connectivity index (χ1n) is 5.68. The molecule has 0 aromatic heterocycles. The van der Waals surface area contributed by atoms with Gasteiger partial charge in [-0.3, -0.25) is 14.5 Å². The molecule has 2 fully saturated rings. The third-order valence-corrected chi connectivity index (χ3v) is 3.65. The Morgan fingerprint density at radius 2 is 1.88 bits per heavy atom. The molecule has 6 heteroatoms. The van der Waals surface area contributed by atoms with E-state index in [1.165, 1.54) is 6.92 Å². The van der Waals surface area contributed by atoms with E-state index in [1.807, 2.05) is 0 Å². The van der Waals surface area contributed by atoms with Crippen LogP contribution >= 0.6 is 0 Å². The maximum Gasteiger partial charge on any atom is 0.329 e.